The number of imide groups is 1. The molecule has 0 saturated carbocycles. The molecule has 1 heterocycles. The van der Waals surface area contributed by atoms with Crippen LogP contribution in [0.15, 0.2) is 30.3 Å². The van der Waals surface area contributed by atoms with E-state index in [9.17, 15) is 14.7 Å². The van der Waals surface area contributed by atoms with Gasteiger partial charge < -0.3 is 9.84 Å². The topological polar surface area (TPSA) is 66.8 Å². The summed E-state index contributed by atoms with van der Waals surface area (Å²) in [6, 6.07) is 9.39. The van der Waals surface area contributed by atoms with Crippen LogP contribution in [0.5, 0.6) is 0 Å². The summed E-state index contributed by atoms with van der Waals surface area (Å²) in [6.07, 6.45) is 0.517. The van der Waals surface area contributed by atoms with Crippen LogP contribution in [0, 0.1) is 11.8 Å². The molecule has 0 aliphatic carbocycles. The Balaban J connectivity index is 2.11. The molecule has 2 rings (SSSR count). The van der Waals surface area contributed by atoms with Gasteiger partial charge in [-0.2, -0.15) is 0 Å². The Hall–Kier alpha value is -1.88. The summed E-state index contributed by atoms with van der Waals surface area (Å²) in [6.45, 7) is 3.93. The van der Waals surface area contributed by atoms with Crippen LogP contribution in [0.25, 0.3) is 0 Å². The lowest BCUT2D eigenvalue weighted by Crippen LogP contribution is -2.44. The standard InChI is InChI=1S/C17H23NO4/c1-12(2)8-14(10-19)16(20)18-15(11-22-17(18)21)9-13-6-4-3-5-7-13/h3-7,12,14-15,19H,8-11H2,1-2H3/t14-,15+/m0/s1. The van der Waals surface area contributed by atoms with Crippen LogP contribution >= 0.6 is 0 Å². The quantitative estimate of drug-likeness (QED) is 0.875. The van der Waals surface area contributed by atoms with E-state index in [1.54, 1.807) is 0 Å². The molecular weight excluding hydrogens is 282 g/mol. The van der Waals surface area contributed by atoms with Crippen molar-refractivity contribution >= 4 is 12.0 Å². The highest BCUT2D eigenvalue weighted by molar-refractivity contribution is 5.94. The van der Waals surface area contributed by atoms with Crippen molar-refractivity contribution in [2.75, 3.05) is 13.2 Å². The molecule has 5 heteroatoms. The summed E-state index contributed by atoms with van der Waals surface area (Å²) in [7, 11) is 0. The van der Waals surface area contributed by atoms with E-state index < -0.39 is 12.0 Å². The van der Waals surface area contributed by atoms with Crippen LogP contribution < -0.4 is 0 Å². The predicted molar refractivity (Wildman–Crippen MR) is 82.2 cm³/mol. The van der Waals surface area contributed by atoms with E-state index in [1.165, 1.54) is 4.90 Å². The molecule has 0 spiro atoms. The lowest BCUT2D eigenvalue weighted by Gasteiger charge is -2.24. The third-order valence-corrected chi connectivity index (χ3v) is 3.84. The molecule has 0 radical (unpaired) electrons. The van der Waals surface area contributed by atoms with Crippen LogP contribution in [0.2, 0.25) is 0 Å². The number of hydrogen-bond donors (Lipinski definition) is 1. The highest BCUT2D eigenvalue weighted by Gasteiger charge is 2.40. The molecule has 1 saturated heterocycles. The minimum atomic E-state index is -0.604. The second kappa shape index (κ2) is 7.40. The molecule has 0 bridgehead atoms. The second-order valence-corrected chi connectivity index (χ2v) is 6.14. The molecule has 22 heavy (non-hydrogen) atoms. The number of rotatable bonds is 6. The van der Waals surface area contributed by atoms with Gasteiger partial charge in [0.05, 0.1) is 18.6 Å². The number of amides is 2. The number of hydrogen-bond acceptors (Lipinski definition) is 4. The zero-order valence-corrected chi connectivity index (χ0v) is 13.1. The Morgan fingerprint density at radius 2 is 2.05 bits per heavy atom. The molecule has 1 fully saturated rings. The highest BCUT2D eigenvalue weighted by atomic mass is 16.6. The summed E-state index contributed by atoms with van der Waals surface area (Å²) < 4.78 is 5.06. The van der Waals surface area contributed by atoms with Crippen molar-refractivity contribution in [1.82, 2.24) is 4.90 Å². The summed E-state index contributed by atoms with van der Waals surface area (Å²) in [5.74, 6) is -0.615. The van der Waals surface area contributed by atoms with Gasteiger partial charge in [0.1, 0.15) is 6.61 Å². The summed E-state index contributed by atoms with van der Waals surface area (Å²) in [5, 5.41) is 9.47. The molecule has 0 aromatic heterocycles. The average molecular weight is 305 g/mol. The molecule has 1 aromatic rings. The normalized spacial score (nSPS) is 19.4. The molecule has 120 valence electrons. The minimum absolute atomic E-state index is 0.208. The Morgan fingerprint density at radius 1 is 1.36 bits per heavy atom. The molecule has 1 aromatic carbocycles. The largest absolute Gasteiger partial charge is 0.447 e. The maximum Gasteiger partial charge on any atom is 0.416 e. The highest BCUT2D eigenvalue weighted by Crippen LogP contribution is 2.22. The lowest BCUT2D eigenvalue weighted by atomic mass is 9.95. The van der Waals surface area contributed by atoms with Gasteiger partial charge in [0.25, 0.3) is 0 Å². The molecule has 1 aliphatic heterocycles. The van der Waals surface area contributed by atoms with E-state index in [2.05, 4.69) is 0 Å². The van der Waals surface area contributed by atoms with Gasteiger partial charge in [0.2, 0.25) is 5.91 Å². The third-order valence-electron chi connectivity index (χ3n) is 3.84. The Kier molecular flexibility index (Phi) is 5.55. The van der Waals surface area contributed by atoms with Gasteiger partial charge >= 0.3 is 6.09 Å². The zero-order chi connectivity index (χ0) is 16.1. The monoisotopic (exact) mass is 305 g/mol. The van der Waals surface area contributed by atoms with Crippen molar-refractivity contribution in [1.29, 1.82) is 0 Å². The SMILES string of the molecule is CC(C)C[C@@H](CO)C(=O)N1C(=O)OC[C@H]1Cc1ccccc1. The van der Waals surface area contributed by atoms with Crippen LogP contribution in [0.4, 0.5) is 4.79 Å². The zero-order valence-electron chi connectivity index (χ0n) is 13.1. The van der Waals surface area contributed by atoms with E-state index in [0.29, 0.717) is 12.8 Å². The first-order chi connectivity index (χ1) is 10.5. The van der Waals surface area contributed by atoms with Crippen molar-refractivity contribution in [2.24, 2.45) is 11.8 Å². The number of aliphatic hydroxyl groups excluding tert-OH is 1. The van der Waals surface area contributed by atoms with Crippen LogP contribution in [0.3, 0.4) is 0 Å². The van der Waals surface area contributed by atoms with Crippen LogP contribution in [-0.2, 0) is 16.0 Å². The molecule has 5 nitrogen and oxygen atoms in total. The molecule has 2 amide bonds. The van der Waals surface area contributed by atoms with E-state index >= 15 is 0 Å². The Labute approximate surface area is 130 Å². The van der Waals surface area contributed by atoms with Crippen LogP contribution in [0.1, 0.15) is 25.8 Å². The number of ether oxygens (including phenoxy) is 1. The minimum Gasteiger partial charge on any atom is -0.447 e. The van der Waals surface area contributed by atoms with Gasteiger partial charge in [0.15, 0.2) is 0 Å². The van der Waals surface area contributed by atoms with Gasteiger partial charge in [-0.1, -0.05) is 44.2 Å². The Morgan fingerprint density at radius 3 is 2.64 bits per heavy atom. The average Bonchev–Trinajstić information content (AvgIpc) is 2.85. The van der Waals surface area contributed by atoms with Crippen molar-refractivity contribution in [2.45, 2.75) is 32.7 Å². The van der Waals surface area contributed by atoms with E-state index in [-0.39, 0.29) is 31.1 Å². The van der Waals surface area contributed by atoms with Crippen molar-refractivity contribution in [3.63, 3.8) is 0 Å². The van der Waals surface area contributed by atoms with Gasteiger partial charge in [-0.25, -0.2) is 9.69 Å². The summed E-state index contributed by atoms with van der Waals surface area (Å²) in [5.41, 5.74) is 1.05. The van der Waals surface area contributed by atoms with Crippen molar-refractivity contribution in [3.05, 3.63) is 35.9 Å². The molecular formula is C17H23NO4. The van der Waals surface area contributed by atoms with E-state index in [4.69, 9.17) is 4.74 Å². The third kappa shape index (κ3) is 3.85. The predicted octanol–water partition coefficient (Wildman–Crippen LogP) is 2.23. The van der Waals surface area contributed by atoms with Gasteiger partial charge in [-0.3, -0.25) is 4.79 Å². The molecule has 1 N–H and O–H groups in total. The van der Waals surface area contributed by atoms with Gasteiger partial charge in [0, 0.05) is 0 Å². The molecule has 0 unspecified atom stereocenters. The number of nitrogens with zero attached hydrogens (tertiary/aromatic N) is 1. The smallest absolute Gasteiger partial charge is 0.416 e. The maximum atomic E-state index is 12.6. The van der Waals surface area contributed by atoms with E-state index in [1.807, 2.05) is 44.2 Å². The fourth-order valence-corrected chi connectivity index (χ4v) is 2.79. The lowest BCUT2D eigenvalue weighted by molar-refractivity contribution is -0.135. The van der Waals surface area contributed by atoms with Gasteiger partial charge in [-0.05, 0) is 24.3 Å². The first kappa shape index (κ1) is 16.5. The molecule has 1 aliphatic rings. The van der Waals surface area contributed by atoms with Crippen LogP contribution in [-0.4, -0.2) is 41.3 Å². The number of cyclic esters (lactones) is 1. The van der Waals surface area contributed by atoms with Gasteiger partial charge in [-0.15, -0.1) is 0 Å². The number of benzene rings is 1. The fourth-order valence-electron chi connectivity index (χ4n) is 2.79. The summed E-state index contributed by atoms with van der Waals surface area (Å²) in [4.78, 5) is 25.7. The second-order valence-electron chi connectivity index (χ2n) is 6.14. The Bertz CT molecular complexity index is 515. The number of carbonyl (C=O) groups excluding carboxylic acids is 2. The first-order valence-electron chi connectivity index (χ1n) is 7.67. The first-order valence-corrected chi connectivity index (χ1v) is 7.67. The maximum absolute atomic E-state index is 12.6. The van der Waals surface area contributed by atoms with Crippen molar-refractivity contribution in [3.8, 4) is 0 Å². The molecule has 2 atom stereocenters. The fraction of sp³-hybridized carbons (Fsp3) is 0.529. The van der Waals surface area contributed by atoms with Crippen molar-refractivity contribution < 1.29 is 19.4 Å². The number of aliphatic hydroxyl groups is 1. The number of carbonyl (C=O) groups is 2. The summed E-state index contributed by atoms with van der Waals surface area (Å²) >= 11 is 0. The van der Waals surface area contributed by atoms with E-state index in [0.717, 1.165) is 5.56 Å².